The van der Waals surface area contributed by atoms with E-state index in [1.807, 2.05) is 69.3 Å². The summed E-state index contributed by atoms with van der Waals surface area (Å²) in [6, 6.07) is 15.5. The molecule has 2 aromatic carbocycles. The molecule has 2 heterocycles. The van der Waals surface area contributed by atoms with E-state index in [2.05, 4.69) is 5.43 Å². The van der Waals surface area contributed by atoms with Crippen LogP contribution in [0.15, 0.2) is 64.5 Å². The molecule has 1 aliphatic heterocycles. The molecule has 31 heavy (non-hydrogen) atoms. The maximum absolute atomic E-state index is 13.0. The summed E-state index contributed by atoms with van der Waals surface area (Å²) in [7, 11) is 1.28. The summed E-state index contributed by atoms with van der Waals surface area (Å²) in [5.41, 5.74) is 5.13. The number of ether oxygens (including phenoxy) is 1. The second-order valence-corrected chi connectivity index (χ2v) is 9.03. The highest BCUT2D eigenvalue weighted by Crippen LogP contribution is 2.37. The summed E-state index contributed by atoms with van der Waals surface area (Å²) in [6.45, 7) is 5.84. The molecule has 1 fully saturated rings. The van der Waals surface area contributed by atoms with Crippen LogP contribution >= 0.6 is 11.8 Å². The smallest absolute Gasteiger partial charge is 0.331 e. The maximum Gasteiger partial charge on any atom is 0.331 e. The van der Waals surface area contributed by atoms with E-state index in [9.17, 15) is 9.59 Å². The normalized spacial score (nSPS) is 17.3. The Morgan fingerprint density at radius 3 is 2.23 bits per heavy atom. The van der Waals surface area contributed by atoms with Crippen molar-refractivity contribution in [3.05, 3.63) is 59.5 Å². The van der Waals surface area contributed by atoms with Crippen molar-refractivity contribution in [2.75, 3.05) is 7.11 Å². The van der Waals surface area contributed by atoms with Crippen LogP contribution < -0.4 is 5.43 Å². The van der Waals surface area contributed by atoms with Crippen molar-refractivity contribution in [2.24, 2.45) is 4.99 Å². The lowest BCUT2D eigenvalue weighted by Gasteiger charge is -2.27. The van der Waals surface area contributed by atoms with Crippen molar-refractivity contribution in [1.29, 1.82) is 0 Å². The highest BCUT2D eigenvalue weighted by Gasteiger charge is 2.36. The number of hydrogen-bond acceptors (Lipinski definition) is 7. The van der Waals surface area contributed by atoms with Crippen LogP contribution in [0, 0.1) is 0 Å². The summed E-state index contributed by atoms with van der Waals surface area (Å²) in [4.78, 5) is 34.7. The van der Waals surface area contributed by atoms with Gasteiger partial charge in [0, 0.05) is 22.4 Å². The van der Waals surface area contributed by atoms with Gasteiger partial charge in [0.05, 0.1) is 28.7 Å². The van der Waals surface area contributed by atoms with Gasteiger partial charge in [-0.25, -0.2) is 25.2 Å². The monoisotopic (exact) mass is 434 g/mol. The standard InChI is InChI=1S/C23H22N4O3S/c1-23(2,3)26-27-21(29)18(13-19(28)30-4)31-22(27)25-20-14-9-5-7-11-16(14)24-17-12-8-6-10-15(17)20/h5-13,26H,1-4H3. The number of para-hydroxylation sites is 2. The van der Waals surface area contributed by atoms with Crippen molar-refractivity contribution in [3.8, 4) is 0 Å². The molecule has 1 saturated heterocycles. The third kappa shape index (κ3) is 4.30. The van der Waals surface area contributed by atoms with E-state index in [1.54, 1.807) is 0 Å². The number of rotatable bonds is 3. The Labute approximate surface area is 184 Å². The molecule has 0 bridgehead atoms. The van der Waals surface area contributed by atoms with Gasteiger partial charge in [0.2, 0.25) is 0 Å². The number of carbonyl (C=O) groups excluding carboxylic acids is 2. The number of amidine groups is 1. The van der Waals surface area contributed by atoms with Gasteiger partial charge in [-0.3, -0.25) is 4.79 Å². The van der Waals surface area contributed by atoms with Crippen molar-refractivity contribution < 1.29 is 14.3 Å². The van der Waals surface area contributed by atoms with E-state index in [4.69, 9.17) is 14.7 Å². The van der Waals surface area contributed by atoms with E-state index in [0.717, 1.165) is 39.3 Å². The van der Waals surface area contributed by atoms with E-state index >= 15 is 0 Å². The highest BCUT2D eigenvalue weighted by molar-refractivity contribution is 8.18. The zero-order valence-electron chi connectivity index (χ0n) is 17.7. The van der Waals surface area contributed by atoms with Crippen molar-refractivity contribution in [2.45, 2.75) is 26.3 Å². The zero-order valence-corrected chi connectivity index (χ0v) is 18.5. The third-order valence-electron chi connectivity index (χ3n) is 4.47. The number of aromatic nitrogens is 1. The number of amides is 1. The SMILES string of the molecule is COC(=O)C=C1SC(=Nc2c3ccccc3nc3ccccc23)N(NC(C)(C)C)C1=O. The van der Waals surface area contributed by atoms with Gasteiger partial charge in [0.1, 0.15) is 0 Å². The van der Waals surface area contributed by atoms with Gasteiger partial charge in [-0.1, -0.05) is 36.4 Å². The zero-order chi connectivity index (χ0) is 22.2. The van der Waals surface area contributed by atoms with Gasteiger partial charge in [-0.2, -0.15) is 0 Å². The molecule has 0 unspecified atom stereocenters. The predicted molar refractivity (Wildman–Crippen MR) is 124 cm³/mol. The number of esters is 1. The van der Waals surface area contributed by atoms with Crippen LogP contribution in [0.2, 0.25) is 0 Å². The summed E-state index contributed by atoms with van der Waals surface area (Å²) < 4.78 is 4.70. The van der Waals surface area contributed by atoms with Crippen LogP contribution in [0.4, 0.5) is 5.69 Å². The number of methoxy groups -OCH3 is 1. The molecule has 0 aliphatic carbocycles. The number of hydrazine groups is 1. The van der Waals surface area contributed by atoms with Crippen molar-refractivity contribution in [3.63, 3.8) is 0 Å². The van der Waals surface area contributed by atoms with Gasteiger partial charge in [-0.15, -0.1) is 0 Å². The van der Waals surface area contributed by atoms with Crippen LogP contribution in [0.1, 0.15) is 20.8 Å². The Balaban J connectivity index is 1.92. The van der Waals surface area contributed by atoms with Crippen molar-refractivity contribution >= 4 is 56.3 Å². The minimum Gasteiger partial charge on any atom is -0.466 e. The molecule has 158 valence electrons. The van der Waals surface area contributed by atoms with Crippen LogP contribution in [0.5, 0.6) is 0 Å². The van der Waals surface area contributed by atoms with Crippen LogP contribution in [-0.2, 0) is 14.3 Å². The number of fused-ring (bicyclic) bond motifs is 2. The van der Waals surface area contributed by atoms with Crippen LogP contribution in [0.3, 0.4) is 0 Å². The average Bonchev–Trinajstić information content (AvgIpc) is 3.01. The summed E-state index contributed by atoms with van der Waals surface area (Å²) >= 11 is 1.13. The van der Waals surface area contributed by atoms with Crippen LogP contribution in [0.25, 0.3) is 21.8 Å². The molecule has 0 radical (unpaired) electrons. The molecule has 4 rings (SSSR count). The summed E-state index contributed by atoms with van der Waals surface area (Å²) in [6.07, 6.45) is 1.19. The molecule has 1 N–H and O–H groups in total. The number of hydrogen-bond donors (Lipinski definition) is 1. The lowest BCUT2D eigenvalue weighted by Crippen LogP contribution is -2.51. The molecule has 0 saturated carbocycles. The molecule has 1 amide bonds. The molecular weight excluding hydrogens is 412 g/mol. The van der Waals surface area contributed by atoms with E-state index < -0.39 is 11.5 Å². The number of nitrogens with one attached hydrogen (secondary N) is 1. The minimum absolute atomic E-state index is 0.241. The molecule has 8 heteroatoms. The third-order valence-corrected chi connectivity index (χ3v) is 5.44. The largest absolute Gasteiger partial charge is 0.466 e. The molecule has 1 aromatic heterocycles. The quantitative estimate of drug-likeness (QED) is 0.376. The molecular formula is C23H22N4O3S. The Kier molecular flexibility index (Phi) is 5.51. The summed E-state index contributed by atoms with van der Waals surface area (Å²) in [5.74, 6) is -0.945. The van der Waals surface area contributed by atoms with Gasteiger partial charge < -0.3 is 4.74 Å². The van der Waals surface area contributed by atoms with Gasteiger partial charge >= 0.3 is 5.97 Å². The van der Waals surface area contributed by atoms with E-state index in [-0.39, 0.29) is 10.8 Å². The second-order valence-electron chi connectivity index (χ2n) is 8.03. The first-order valence-corrected chi connectivity index (χ1v) is 10.5. The molecule has 1 aliphatic rings. The fourth-order valence-corrected chi connectivity index (χ4v) is 4.07. The minimum atomic E-state index is -0.590. The fraction of sp³-hybridized carbons (Fsp3) is 0.217. The lowest BCUT2D eigenvalue weighted by atomic mass is 10.1. The Morgan fingerprint density at radius 2 is 1.68 bits per heavy atom. The molecule has 3 aromatic rings. The first-order valence-electron chi connectivity index (χ1n) is 9.73. The number of thioether (sulfide) groups is 1. The number of carbonyl (C=O) groups is 2. The predicted octanol–water partition coefficient (Wildman–Crippen LogP) is 4.31. The number of nitrogens with zero attached hydrogens (tertiary/aromatic N) is 3. The first kappa shape index (κ1) is 21.0. The van der Waals surface area contributed by atoms with E-state index in [0.29, 0.717) is 5.17 Å². The lowest BCUT2D eigenvalue weighted by molar-refractivity contribution is -0.135. The Morgan fingerprint density at radius 1 is 1.10 bits per heavy atom. The van der Waals surface area contributed by atoms with Gasteiger partial charge in [0.25, 0.3) is 5.91 Å². The Bertz CT molecular complexity index is 1210. The molecule has 0 spiro atoms. The molecule has 7 nitrogen and oxygen atoms in total. The number of pyridine rings is 1. The number of aliphatic imine (C=N–C) groups is 1. The van der Waals surface area contributed by atoms with E-state index in [1.165, 1.54) is 18.2 Å². The maximum atomic E-state index is 13.0. The summed E-state index contributed by atoms with van der Waals surface area (Å²) in [5, 5.41) is 3.57. The fourth-order valence-electron chi connectivity index (χ4n) is 3.18. The Hall–Kier alpha value is -3.23. The van der Waals surface area contributed by atoms with Crippen LogP contribution in [-0.4, -0.2) is 39.7 Å². The topological polar surface area (TPSA) is 83.9 Å². The molecule has 0 atom stereocenters. The highest BCUT2D eigenvalue weighted by atomic mass is 32.2. The number of benzene rings is 2. The average molecular weight is 435 g/mol. The van der Waals surface area contributed by atoms with Gasteiger partial charge in [0.15, 0.2) is 5.17 Å². The second kappa shape index (κ2) is 8.13. The first-order chi connectivity index (χ1) is 14.8. The van der Waals surface area contributed by atoms with Gasteiger partial charge in [-0.05, 0) is 44.7 Å². The van der Waals surface area contributed by atoms with Crippen molar-refractivity contribution in [1.82, 2.24) is 15.4 Å².